The SMILES string of the molecule is CC(C)c1nn(CN(C)C2CCc3ccccc32)c(=S)n1C1CC1. The zero-order valence-corrected chi connectivity index (χ0v) is 15.6. The molecule has 1 heterocycles. The Morgan fingerprint density at radius 3 is 2.71 bits per heavy atom. The fourth-order valence-corrected chi connectivity index (χ4v) is 4.24. The standard InChI is InChI=1S/C19H26N4S/c1-13(2)18-20-22(19(24)23(18)15-9-10-15)12-21(3)17-11-8-14-6-4-5-7-16(14)17/h4-7,13,15,17H,8-12H2,1-3H3. The van der Waals surface area contributed by atoms with Crippen LogP contribution in [-0.2, 0) is 13.1 Å². The van der Waals surface area contributed by atoms with Crippen molar-refractivity contribution in [3.8, 4) is 0 Å². The van der Waals surface area contributed by atoms with Crippen molar-refractivity contribution < 1.29 is 0 Å². The Labute approximate surface area is 149 Å². The Bertz CT molecular complexity index is 800. The van der Waals surface area contributed by atoms with Crippen LogP contribution in [0.1, 0.15) is 68.1 Å². The van der Waals surface area contributed by atoms with E-state index in [-0.39, 0.29) is 0 Å². The fraction of sp³-hybridized carbons (Fsp3) is 0.579. The summed E-state index contributed by atoms with van der Waals surface area (Å²) < 4.78 is 5.22. The lowest BCUT2D eigenvalue weighted by molar-refractivity contribution is 0.181. The molecule has 1 unspecified atom stereocenters. The molecule has 2 aliphatic carbocycles. The summed E-state index contributed by atoms with van der Waals surface area (Å²) in [6, 6.07) is 9.87. The van der Waals surface area contributed by atoms with Gasteiger partial charge in [-0.05, 0) is 56.1 Å². The van der Waals surface area contributed by atoms with Crippen LogP contribution in [0.25, 0.3) is 0 Å². The van der Waals surface area contributed by atoms with E-state index in [0.717, 1.165) is 17.3 Å². The lowest BCUT2D eigenvalue weighted by atomic mass is 10.1. The molecule has 1 saturated carbocycles. The third-order valence-electron chi connectivity index (χ3n) is 5.32. The van der Waals surface area contributed by atoms with Crippen LogP contribution >= 0.6 is 12.2 Å². The average molecular weight is 343 g/mol. The molecule has 1 atom stereocenters. The normalized spacial score (nSPS) is 20.1. The molecule has 2 aliphatic rings. The highest BCUT2D eigenvalue weighted by Crippen LogP contribution is 2.38. The third kappa shape index (κ3) is 2.74. The fourth-order valence-electron chi connectivity index (χ4n) is 3.90. The first-order valence-corrected chi connectivity index (χ1v) is 9.44. The second kappa shape index (κ2) is 6.12. The van der Waals surface area contributed by atoms with Gasteiger partial charge in [0.1, 0.15) is 5.82 Å². The highest BCUT2D eigenvalue weighted by Gasteiger charge is 2.30. The highest BCUT2D eigenvalue weighted by atomic mass is 32.1. The lowest BCUT2D eigenvalue weighted by Crippen LogP contribution is -2.26. The second-order valence-corrected chi connectivity index (χ2v) is 7.91. The van der Waals surface area contributed by atoms with E-state index in [9.17, 15) is 0 Å². The van der Waals surface area contributed by atoms with Gasteiger partial charge in [0.2, 0.25) is 0 Å². The molecule has 1 aromatic carbocycles. The quantitative estimate of drug-likeness (QED) is 0.751. The molecule has 0 saturated heterocycles. The summed E-state index contributed by atoms with van der Waals surface area (Å²) in [6.07, 6.45) is 4.84. The van der Waals surface area contributed by atoms with Gasteiger partial charge in [-0.3, -0.25) is 4.90 Å². The van der Waals surface area contributed by atoms with E-state index in [1.165, 1.54) is 36.8 Å². The largest absolute Gasteiger partial charge is 0.301 e. The summed E-state index contributed by atoms with van der Waals surface area (Å²) in [7, 11) is 2.19. The van der Waals surface area contributed by atoms with E-state index < -0.39 is 0 Å². The number of fused-ring (bicyclic) bond motifs is 1. The molecule has 4 nitrogen and oxygen atoms in total. The van der Waals surface area contributed by atoms with Gasteiger partial charge in [0.25, 0.3) is 0 Å². The molecular formula is C19H26N4S. The van der Waals surface area contributed by atoms with Crippen LogP contribution in [0.3, 0.4) is 0 Å². The Kier molecular flexibility index (Phi) is 4.09. The molecule has 0 bridgehead atoms. The monoisotopic (exact) mass is 342 g/mol. The van der Waals surface area contributed by atoms with Crippen molar-refractivity contribution in [3.63, 3.8) is 0 Å². The number of rotatable bonds is 5. The Balaban J connectivity index is 1.60. The van der Waals surface area contributed by atoms with Crippen molar-refractivity contribution in [2.75, 3.05) is 7.05 Å². The molecular weight excluding hydrogens is 316 g/mol. The number of hydrogen-bond acceptors (Lipinski definition) is 3. The van der Waals surface area contributed by atoms with Crippen LogP contribution in [-0.4, -0.2) is 26.3 Å². The highest BCUT2D eigenvalue weighted by molar-refractivity contribution is 7.71. The second-order valence-electron chi connectivity index (χ2n) is 7.55. The maximum Gasteiger partial charge on any atom is 0.199 e. The zero-order chi connectivity index (χ0) is 16.8. The lowest BCUT2D eigenvalue weighted by Gasteiger charge is -2.24. The maximum atomic E-state index is 5.76. The van der Waals surface area contributed by atoms with Crippen molar-refractivity contribution in [2.24, 2.45) is 0 Å². The van der Waals surface area contributed by atoms with Crippen molar-refractivity contribution in [3.05, 3.63) is 46.0 Å². The van der Waals surface area contributed by atoms with Crippen LogP contribution in [0.4, 0.5) is 0 Å². The number of benzene rings is 1. The van der Waals surface area contributed by atoms with Gasteiger partial charge in [-0.1, -0.05) is 38.1 Å². The molecule has 1 aromatic heterocycles. The minimum atomic E-state index is 0.408. The predicted molar refractivity (Wildman–Crippen MR) is 98.7 cm³/mol. The van der Waals surface area contributed by atoms with Crippen molar-refractivity contribution in [1.82, 2.24) is 19.2 Å². The first-order valence-electron chi connectivity index (χ1n) is 9.03. The number of nitrogens with zero attached hydrogens (tertiary/aromatic N) is 4. The van der Waals surface area contributed by atoms with Crippen LogP contribution < -0.4 is 0 Å². The minimum Gasteiger partial charge on any atom is -0.301 e. The molecule has 0 radical (unpaired) electrons. The predicted octanol–water partition coefficient (Wildman–Crippen LogP) is 4.45. The van der Waals surface area contributed by atoms with E-state index in [1.54, 1.807) is 0 Å². The molecule has 0 amide bonds. The van der Waals surface area contributed by atoms with Crippen molar-refractivity contribution in [1.29, 1.82) is 0 Å². The molecule has 5 heteroatoms. The maximum absolute atomic E-state index is 5.76. The van der Waals surface area contributed by atoms with Crippen molar-refractivity contribution >= 4 is 12.2 Å². The molecule has 128 valence electrons. The Hall–Kier alpha value is -1.46. The molecule has 1 fully saturated rings. The van der Waals surface area contributed by atoms with E-state index >= 15 is 0 Å². The van der Waals surface area contributed by atoms with Crippen LogP contribution in [0.5, 0.6) is 0 Å². The average Bonchev–Trinajstić information content (AvgIpc) is 3.21. The van der Waals surface area contributed by atoms with Gasteiger partial charge >= 0.3 is 0 Å². The summed E-state index contributed by atoms with van der Waals surface area (Å²) in [4.78, 5) is 2.40. The molecule has 4 rings (SSSR count). The smallest absolute Gasteiger partial charge is 0.199 e. The van der Waals surface area contributed by atoms with Gasteiger partial charge in [-0.2, -0.15) is 5.10 Å². The topological polar surface area (TPSA) is 26.0 Å². The summed E-state index contributed by atoms with van der Waals surface area (Å²) in [6.45, 7) is 5.17. The summed E-state index contributed by atoms with van der Waals surface area (Å²) >= 11 is 5.76. The molecule has 24 heavy (non-hydrogen) atoms. The van der Waals surface area contributed by atoms with Gasteiger partial charge in [0.05, 0.1) is 6.67 Å². The Morgan fingerprint density at radius 1 is 1.25 bits per heavy atom. The van der Waals surface area contributed by atoms with Gasteiger partial charge in [-0.25, -0.2) is 4.68 Å². The van der Waals surface area contributed by atoms with E-state index in [1.807, 2.05) is 4.68 Å². The van der Waals surface area contributed by atoms with Gasteiger partial charge in [0, 0.05) is 18.0 Å². The van der Waals surface area contributed by atoms with Crippen LogP contribution in [0, 0.1) is 4.77 Å². The molecule has 2 aromatic rings. The molecule has 0 N–H and O–H groups in total. The summed E-state index contributed by atoms with van der Waals surface area (Å²) in [5, 5.41) is 4.87. The molecule has 0 aliphatic heterocycles. The third-order valence-corrected chi connectivity index (χ3v) is 5.72. The van der Waals surface area contributed by atoms with Gasteiger partial charge in [0.15, 0.2) is 4.77 Å². The van der Waals surface area contributed by atoms with E-state index in [2.05, 4.69) is 54.6 Å². The number of aryl methyl sites for hydroxylation is 1. The zero-order valence-electron chi connectivity index (χ0n) is 14.8. The van der Waals surface area contributed by atoms with Crippen molar-refractivity contribution in [2.45, 2.75) is 64.2 Å². The summed E-state index contributed by atoms with van der Waals surface area (Å²) in [5.41, 5.74) is 2.96. The number of aromatic nitrogens is 3. The van der Waals surface area contributed by atoms with Gasteiger partial charge in [-0.15, -0.1) is 0 Å². The van der Waals surface area contributed by atoms with Gasteiger partial charge < -0.3 is 4.57 Å². The molecule has 0 spiro atoms. The number of hydrogen-bond donors (Lipinski definition) is 0. The van der Waals surface area contributed by atoms with E-state index in [0.29, 0.717) is 18.0 Å². The van der Waals surface area contributed by atoms with Crippen LogP contribution in [0.2, 0.25) is 0 Å². The Morgan fingerprint density at radius 2 is 2.00 bits per heavy atom. The van der Waals surface area contributed by atoms with E-state index in [4.69, 9.17) is 17.3 Å². The minimum absolute atomic E-state index is 0.408. The summed E-state index contributed by atoms with van der Waals surface area (Å²) in [5.74, 6) is 1.55. The first kappa shape index (κ1) is 16.0. The first-order chi connectivity index (χ1) is 11.6. The van der Waals surface area contributed by atoms with Crippen LogP contribution in [0.15, 0.2) is 24.3 Å².